The molecule has 0 fully saturated rings. The van der Waals surface area contributed by atoms with Crippen molar-refractivity contribution in [1.82, 2.24) is 9.47 Å². The standard InChI is InChI=1S/C14H14ClFN2O/c1-17-6-7-18-12-8-9(16)2-3-10(12)11(4-5-15)13(18)14(17)19/h2-3,8H,4-7H2,1H3. The van der Waals surface area contributed by atoms with Gasteiger partial charge in [-0.1, -0.05) is 0 Å². The van der Waals surface area contributed by atoms with Crippen LogP contribution in [0.2, 0.25) is 0 Å². The second-order valence-electron chi connectivity index (χ2n) is 4.81. The van der Waals surface area contributed by atoms with Crippen LogP contribution < -0.4 is 0 Å². The van der Waals surface area contributed by atoms with E-state index < -0.39 is 0 Å². The smallest absolute Gasteiger partial charge is 0.270 e. The Bertz CT molecular complexity index is 665. The van der Waals surface area contributed by atoms with E-state index in [1.54, 1.807) is 18.0 Å². The maximum absolute atomic E-state index is 13.4. The van der Waals surface area contributed by atoms with Gasteiger partial charge in [0.2, 0.25) is 0 Å². The molecule has 1 aliphatic rings. The third-order valence-electron chi connectivity index (χ3n) is 3.68. The van der Waals surface area contributed by atoms with Crippen LogP contribution in [0.1, 0.15) is 16.1 Å². The highest BCUT2D eigenvalue weighted by molar-refractivity contribution is 6.18. The Kier molecular flexibility index (Phi) is 2.97. The summed E-state index contributed by atoms with van der Waals surface area (Å²) in [6.45, 7) is 1.34. The number of likely N-dealkylation sites (N-methyl/N-ethyl adjacent to an activating group) is 1. The molecule has 19 heavy (non-hydrogen) atoms. The van der Waals surface area contributed by atoms with Crippen LogP contribution >= 0.6 is 11.6 Å². The molecule has 0 radical (unpaired) electrons. The fourth-order valence-corrected chi connectivity index (χ4v) is 2.94. The first-order chi connectivity index (χ1) is 9.13. The molecule has 0 atom stereocenters. The molecule has 0 bridgehead atoms. The zero-order chi connectivity index (χ0) is 13.6. The first-order valence-corrected chi connectivity index (χ1v) is 6.79. The number of hydrogen-bond donors (Lipinski definition) is 0. The minimum Gasteiger partial charge on any atom is -0.339 e. The number of alkyl halides is 1. The summed E-state index contributed by atoms with van der Waals surface area (Å²) in [6, 6.07) is 4.67. The molecule has 1 aromatic heterocycles. The average molecular weight is 281 g/mol. The number of hydrogen-bond acceptors (Lipinski definition) is 1. The second-order valence-corrected chi connectivity index (χ2v) is 5.18. The van der Waals surface area contributed by atoms with Crippen LogP contribution in [0, 0.1) is 5.82 Å². The van der Waals surface area contributed by atoms with E-state index in [-0.39, 0.29) is 11.7 Å². The van der Waals surface area contributed by atoms with Crippen molar-refractivity contribution in [3.8, 4) is 0 Å². The van der Waals surface area contributed by atoms with Crippen molar-refractivity contribution >= 4 is 28.4 Å². The highest BCUT2D eigenvalue weighted by atomic mass is 35.5. The number of carbonyl (C=O) groups excluding carboxylic acids is 1. The van der Waals surface area contributed by atoms with E-state index >= 15 is 0 Å². The zero-order valence-corrected chi connectivity index (χ0v) is 11.4. The number of halogens is 2. The lowest BCUT2D eigenvalue weighted by molar-refractivity contribution is 0.0749. The van der Waals surface area contributed by atoms with Crippen molar-refractivity contribution in [3.05, 3.63) is 35.3 Å². The SMILES string of the molecule is CN1CCn2c(c(CCCl)c3ccc(F)cc32)C1=O. The van der Waals surface area contributed by atoms with Crippen molar-refractivity contribution in [2.45, 2.75) is 13.0 Å². The Hall–Kier alpha value is -1.55. The van der Waals surface area contributed by atoms with Crippen LogP contribution in [-0.4, -0.2) is 34.8 Å². The van der Waals surface area contributed by atoms with Gasteiger partial charge in [0.1, 0.15) is 11.5 Å². The summed E-state index contributed by atoms with van der Waals surface area (Å²) in [4.78, 5) is 14.0. The number of fused-ring (bicyclic) bond motifs is 3. The van der Waals surface area contributed by atoms with Crippen LogP contribution in [0.25, 0.3) is 10.9 Å². The number of benzene rings is 1. The third kappa shape index (κ3) is 1.82. The van der Waals surface area contributed by atoms with Crippen molar-refractivity contribution in [2.24, 2.45) is 0 Å². The summed E-state index contributed by atoms with van der Waals surface area (Å²) in [7, 11) is 1.79. The quantitative estimate of drug-likeness (QED) is 0.777. The lowest BCUT2D eigenvalue weighted by atomic mass is 10.1. The molecule has 0 aliphatic carbocycles. The predicted octanol–water partition coefficient (Wildman–Crippen LogP) is 2.65. The van der Waals surface area contributed by atoms with Gasteiger partial charge in [-0.15, -0.1) is 11.6 Å². The van der Waals surface area contributed by atoms with Crippen molar-refractivity contribution in [2.75, 3.05) is 19.5 Å². The Morgan fingerprint density at radius 3 is 2.89 bits per heavy atom. The molecule has 3 rings (SSSR count). The van der Waals surface area contributed by atoms with E-state index in [1.165, 1.54) is 12.1 Å². The lowest BCUT2D eigenvalue weighted by Gasteiger charge is -2.25. The molecule has 0 unspecified atom stereocenters. The Labute approximate surface area is 115 Å². The van der Waals surface area contributed by atoms with Crippen LogP contribution in [0.3, 0.4) is 0 Å². The first kappa shape index (κ1) is 12.5. The molecule has 1 aromatic carbocycles. The third-order valence-corrected chi connectivity index (χ3v) is 3.87. The van der Waals surface area contributed by atoms with Gasteiger partial charge in [-0.3, -0.25) is 4.79 Å². The second kappa shape index (κ2) is 4.53. The topological polar surface area (TPSA) is 25.2 Å². The van der Waals surface area contributed by atoms with Gasteiger partial charge in [-0.2, -0.15) is 0 Å². The number of rotatable bonds is 2. The molecule has 2 aromatic rings. The predicted molar refractivity (Wildman–Crippen MR) is 73.3 cm³/mol. The summed E-state index contributed by atoms with van der Waals surface area (Å²) in [5.74, 6) is 0.153. The van der Waals surface area contributed by atoms with Gasteiger partial charge in [0, 0.05) is 31.4 Å². The number of amides is 1. The summed E-state index contributed by atoms with van der Waals surface area (Å²) in [5.41, 5.74) is 2.38. The van der Waals surface area contributed by atoms with Crippen LogP contribution in [0.5, 0.6) is 0 Å². The summed E-state index contributed by atoms with van der Waals surface area (Å²) >= 11 is 5.84. The fourth-order valence-electron chi connectivity index (χ4n) is 2.75. The van der Waals surface area contributed by atoms with E-state index in [1.807, 2.05) is 4.57 Å². The normalized spacial score (nSPS) is 15.1. The summed E-state index contributed by atoms with van der Waals surface area (Å²) in [5, 5.41) is 0.931. The van der Waals surface area contributed by atoms with Gasteiger partial charge >= 0.3 is 0 Å². The van der Waals surface area contributed by atoms with E-state index in [0.29, 0.717) is 31.1 Å². The first-order valence-electron chi connectivity index (χ1n) is 6.25. The number of carbonyl (C=O) groups is 1. The molecule has 100 valence electrons. The van der Waals surface area contributed by atoms with Crippen molar-refractivity contribution in [1.29, 1.82) is 0 Å². The minimum atomic E-state index is -0.281. The zero-order valence-electron chi connectivity index (χ0n) is 10.6. The molecule has 0 spiro atoms. The minimum absolute atomic E-state index is 0.0111. The maximum Gasteiger partial charge on any atom is 0.270 e. The number of nitrogens with zero attached hydrogens (tertiary/aromatic N) is 2. The molecule has 3 nitrogen and oxygen atoms in total. The number of aryl methyl sites for hydroxylation is 1. The largest absolute Gasteiger partial charge is 0.339 e. The summed E-state index contributed by atoms with van der Waals surface area (Å²) in [6.07, 6.45) is 0.617. The van der Waals surface area contributed by atoms with Crippen molar-refractivity contribution < 1.29 is 9.18 Å². The monoisotopic (exact) mass is 280 g/mol. The molecule has 5 heteroatoms. The molecule has 0 saturated heterocycles. The van der Waals surface area contributed by atoms with Crippen LogP contribution in [-0.2, 0) is 13.0 Å². The van der Waals surface area contributed by atoms with Gasteiger partial charge in [-0.05, 0) is 30.2 Å². The van der Waals surface area contributed by atoms with Crippen LogP contribution in [0.4, 0.5) is 4.39 Å². The van der Waals surface area contributed by atoms with E-state index in [4.69, 9.17) is 11.6 Å². The summed E-state index contributed by atoms with van der Waals surface area (Å²) < 4.78 is 15.4. The fraction of sp³-hybridized carbons (Fsp3) is 0.357. The van der Waals surface area contributed by atoms with Gasteiger partial charge < -0.3 is 9.47 Å². The molecule has 1 amide bonds. The highest BCUT2D eigenvalue weighted by Crippen LogP contribution is 2.30. The Morgan fingerprint density at radius 2 is 2.16 bits per heavy atom. The van der Waals surface area contributed by atoms with E-state index in [9.17, 15) is 9.18 Å². The van der Waals surface area contributed by atoms with Crippen LogP contribution in [0.15, 0.2) is 18.2 Å². The maximum atomic E-state index is 13.4. The molecular formula is C14H14ClFN2O. The van der Waals surface area contributed by atoms with Gasteiger partial charge in [-0.25, -0.2) is 4.39 Å². The van der Waals surface area contributed by atoms with Gasteiger partial charge in [0.05, 0.1) is 5.52 Å². The van der Waals surface area contributed by atoms with Gasteiger partial charge in [0.15, 0.2) is 0 Å². The highest BCUT2D eigenvalue weighted by Gasteiger charge is 2.28. The average Bonchev–Trinajstić information content (AvgIpc) is 2.69. The molecule has 0 saturated carbocycles. The van der Waals surface area contributed by atoms with Gasteiger partial charge in [0.25, 0.3) is 5.91 Å². The number of aromatic nitrogens is 1. The Morgan fingerprint density at radius 1 is 1.37 bits per heavy atom. The molecule has 2 heterocycles. The lowest BCUT2D eigenvalue weighted by Crippen LogP contribution is -2.37. The molecule has 1 aliphatic heterocycles. The Balaban J connectivity index is 2.34. The van der Waals surface area contributed by atoms with Crippen molar-refractivity contribution in [3.63, 3.8) is 0 Å². The van der Waals surface area contributed by atoms with E-state index in [2.05, 4.69) is 0 Å². The van der Waals surface area contributed by atoms with E-state index in [0.717, 1.165) is 16.5 Å². The molecular weight excluding hydrogens is 267 g/mol. The molecule has 0 N–H and O–H groups in total.